The fraction of sp³-hybridized carbons (Fsp3) is 0. The zero-order valence-electron chi connectivity index (χ0n) is 9.95. The first-order valence-corrected chi connectivity index (χ1v) is 6.00. The Hall–Kier alpha value is -2.41. The summed E-state index contributed by atoms with van der Waals surface area (Å²) in [7, 11) is 0. The monoisotopic (exact) mass is 231 g/mol. The summed E-state index contributed by atoms with van der Waals surface area (Å²) in [6, 6.07) is 20.6. The molecule has 0 aliphatic carbocycles. The van der Waals surface area contributed by atoms with Gasteiger partial charge >= 0.3 is 0 Å². The molecule has 0 atom stereocenters. The van der Waals surface area contributed by atoms with Crippen molar-refractivity contribution < 1.29 is 0 Å². The molecule has 0 amide bonds. The van der Waals surface area contributed by atoms with Crippen molar-refractivity contribution >= 4 is 23.1 Å². The molecule has 0 fully saturated rings. The van der Waals surface area contributed by atoms with E-state index in [-0.39, 0.29) is 0 Å². The van der Waals surface area contributed by atoms with Gasteiger partial charge in [-0.1, -0.05) is 60.7 Å². The van der Waals surface area contributed by atoms with E-state index in [2.05, 4.69) is 41.4 Å². The molecule has 1 aromatic heterocycles. The van der Waals surface area contributed by atoms with Gasteiger partial charge in [0.05, 0.1) is 5.52 Å². The number of fused-ring (bicyclic) bond motifs is 1. The summed E-state index contributed by atoms with van der Waals surface area (Å²) in [5.74, 6) is 0. The molecule has 18 heavy (non-hydrogen) atoms. The maximum atomic E-state index is 4.44. The number of hydrogen-bond donors (Lipinski definition) is 0. The lowest BCUT2D eigenvalue weighted by molar-refractivity contribution is 1.40. The summed E-state index contributed by atoms with van der Waals surface area (Å²) >= 11 is 0. The standard InChI is InChI=1S/C17H13N/c1-2-6-14(7-3-1)10-11-15-12-16-8-4-5-9-17(16)18-13-15/h1-13H/b11-10-. The van der Waals surface area contributed by atoms with Crippen molar-refractivity contribution in [1.82, 2.24) is 4.98 Å². The Morgan fingerprint density at radius 2 is 1.44 bits per heavy atom. The largest absolute Gasteiger partial charge is 0.256 e. The molecule has 3 aromatic rings. The molecular weight excluding hydrogens is 218 g/mol. The van der Waals surface area contributed by atoms with Crippen molar-refractivity contribution in [2.24, 2.45) is 0 Å². The molecule has 0 spiro atoms. The van der Waals surface area contributed by atoms with E-state index in [0.717, 1.165) is 11.1 Å². The van der Waals surface area contributed by atoms with Crippen LogP contribution in [0.25, 0.3) is 23.1 Å². The number of pyridine rings is 1. The van der Waals surface area contributed by atoms with Gasteiger partial charge in [0.25, 0.3) is 0 Å². The molecule has 0 aliphatic heterocycles. The van der Waals surface area contributed by atoms with Crippen LogP contribution < -0.4 is 0 Å². The van der Waals surface area contributed by atoms with Crippen LogP contribution in [0.4, 0.5) is 0 Å². The van der Waals surface area contributed by atoms with Gasteiger partial charge in [0.2, 0.25) is 0 Å². The summed E-state index contributed by atoms with van der Waals surface area (Å²) < 4.78 is 0. The van der Waals surface area contributed by atoms with Gasteiger partial charge in [-0.2, -0.15) is 0 Å². The molecular formula is C17H13N. The van der Waals surface area contributed by atoms with Crippen LogP contribution >= 0.6 is 0 Å². The molecule has 1 heterocycles. The Kier molecular flexibility index (Phi) is 2.89. The highest BCUT2D eigenvalue weighted by Gasteiger charge is 1.94. The van der Waals surface area contributed by atoms with Gasteiger partial charge in [-0.25, -0.2) is 0 Å². The van der Waals surface area contributed by atoms with E-state index in [4.69, 9.17) is 0 Å². The summed E-state index contributed by atoms with van der Waals surface area (Å²) in [4.78, 5) is 4.44. The van der Waals surface area contributed by atoms with Gasteiger partial charge in [-0.3, -0.25) is 4.98 Å². The van der Waals surface area contributed by atoms with Gasteiger partial charge in [0.1, 0.15) is 0 Å². The minimum absolute atomic E-state index is 1.04. The van der Waals surface area contributed by atoms with Crippen molar-refractivity contribution in [2.75, 3.05) is 0 Å². The Balaban J connectivity index is 1.93. The molecule has 0 unspecified atom stereocenters. The maximum Gasteiger partial charge on any atom is 0.0702 e. The van der Waals surface area contributed by atoms with Gasteiger partial charge in [0.15, 0.2) is 0 Å². The van der Waals surface area contributed by atoms with Crippen molar-refractivity contribution in [3.63, 3.8) is 0 Å². The highest BCUT2D eigenvalue weighted by Crippen LogP contribution is 2.14. The Bertz CT molecular complexity index is 684. The molecule has 86 valence electrons. The van der Waals surface area contributed by atoms with Crippen LogP contribution in [-0.2, 0) is 0 Å². The van der Waals surface area contributed by atoms with Crippen molar-refractivity contribution in [3.8, 4) is 0 Å². The van der Waals surface area contributed by atoms with Crippen LogP contribution in [0.15, 0.2) is 66.9 Å². The van der Waals surface area contributed by atoms with Crippen LogP contribution in [0.5, 0.6) is 0 Å². The van der Waals surface area contributed by atoms with Crippen LogP contribution in [0.2, 0.25) is 0 Å². The normalized spacial score (nSPS) is 11.1. The van der Waals surface area contributed by atoms with E-state index < -0.39 is 0 Å². The number of hydrogen-bond acceptors (Lipinski definition) is 1. The number of nitrogens with zero attached hydrogens (tertiary/aromatic N) is 1. The average molecular weight is 231 g/mol. The summed E-state index contributed by atoms with van der Waals surface area (Å²) in [5, 5.41) is 1.17. The Morgan fingerprint density at radius 3 is 2.33 bits per heavy atom. The third-order valence-corrected chi connectivity index (χ3v) is 2.88. The zero-order valence-corrected chi connectivity index (χ0v) is 9.95. The third-order valence-electron chi connectivity index (χ3n) is 2.88. The van der Waals surface area contributed by atoms with Crippen LogP contribution in [0, 0.1) is 0 Å². The lowest BCUT2D eigenvalue weighted by Gasteiger charge is -1.98. The zero-order chi connectivity index (χ0) is 12.2. The second-order valence-electron chi connectivity index (χ2n) is 4.21. The highest BCUT2D eigenvalue weighted by molar-refractivity contribution is 5.82. The fourth-order valence-electron chi connectivity index (χ4n) is 1.94. The van der Waals surface area contributed by atoms with E-state index in [9.17, 15) is 0 Å². The molecule has 0 N–H and O–H groups in total. The van der Waals surface area contributed by atoms with E-state index >= 15 is 0 Å². The first-order valence-electron chi connectivity index (χ1n) is 6.00. The molecule has 0 aliphatic rings. The minimum Gasteiger partial charge on any atom is -0.256 e. The minimum atomic E-state index is 1.04. The van der Waals surface area contributed by atoms with Crippen molar-refractivity contribution in [1.29, 1.82) is 0 Å². The second-order valence-corrected chi connectivity index (χ2v) is 4.21. The summed E-state index contributed by atoms with van der Waals surface area (Å²) in [5.41, 5.74) is 3.36. The summed E-state index contributed by atoms with van der Waals surface area (Å²) in [6.07, 6.45) is 6.10. The van der Waals surface area contributed by atoms with Gasteiger partial charge in [-0.05, 0) is 23.3 Å². The van der Waals surface area contributed by atoms with Crippen LogP contribution in [0.3, 0.4) is 0 Å². The summed E-state index contributed by atoms with van der Waals surface area (Å²) in [6.45, 7) is 0. The third kappa shape index (κ3) is 2.30. The number of aromatic nitrogens is 1. The topological polar surface area (TPSA) is 12.9 Å². The number of benzene rings is 2. The van der Waals surface area contributed by atoms with Crippen LogP contribution in [0.1, 0.15) is 11.1 Å². The molecule has 1 nitrogen and oxygen atoms in total. The molecule has 3 rings (SSSR count). The molecule has 2 aromatic carbocycles. The first kappa shape index (κ1) is 10.7. The Labute approximate surface area is 106 Å². The van der Waals surface area contributed by atoms with Gasteiger partial charge in [0, 0.05) is 11.6 Å². The first-order chi connectivity index (χ1) is 8.92. The second kappa shape index (κ2) is 4.84. The SMILES string of the molecule is C(=C/c1cnc2ccccc2c1)/c1ccccc1. The lowest BCUT2D eigenvalue weighted by atomic mass is 10.1. The van der Waals surface area contributed by atoms with E-state index in [1.165, 1.54) is 10.9 Å². The molecule has 1 heteroatoms. The van der Waals surface area contributed by atoms with E-state index in [0.29, 0.717) is 0 Å². The lowest BCUT2D eigenvalue weighted by Crippen LogP contribution is -1.80. The predicted molar refractivity (Wildman–Crippen MR) is 77.1 cm³/mol. The van der Waals surface area contributed by atoms with Gasteiger partial charge < -0.3 is 0 Å². The Morgan fingerprint density at radius 1 is 0.722 bits per heavy atom. The quantitative estimate of drug-likeness (QED) is 0.636. The molecule has 0 bridgehead atoms. The smallest absolute Gasteiger partial charge is 0.0702 e. The average Bonchev–Trinajstić information content (AvgIpc) is 2.46. The molecule has 0 saturated carbocycles. The van der Waals surface area contributed by atoms with E-state index in [1.807, 2.05) is 42.6 Å². The van der Waals surface area contributed by atoms with Crippen molar-refractivity contribution in [3.05, 3.63) is 78.0 Å². The van der Waals surface area contributed by atoms with Crippen molar-refractivity contribution in [2.45, 2.75) is 0 Å². The predicted octanol–water partition coefficient (Wildman–Crippen LogP) is 4.41. The maximum absolute atomic E-state index is 4.44. The van der Waals surface area contributed by atoms with Gasteiger partial charge in [-0.15, -0.1) is 0 Å². The van der Waals surface area contributed by atoms with Crippen LogP contribution in [-0.4, -0.2) is 4.98 Å². The van der Waals surface area contributed by atoms with E-state index in [1.54, 1.807) is 0 Å². The fourth-order valence-corrected chi connectivity index (χ4v) is 1.94. The highest BCUT2D eigenvalue weighted by atomic mass is 14.6. The molecule has 0 saturated heterocycles. The number of para-hydroxylation sites is 1. The molecule has 0 radical (unpaired) electrons. The number of rotatable bonds is 2.